The molecule has 0 spiro atoms. The van der Waals surface area contributed by atoms with Gasteiger partial charge in [0.1, 0.15) is 0 Å². The van der Waals surface area contributed by atoms with Gasteiger partial charge in [0.25, 0.3) is 0 Å². The van der Waals surface area contributed by atoms with Crippen molar-refractivity contribution in [3.05, 3.63) is 0 Å². The van der Waals surface area contributed by atoms with E-state index in [2.05, 4.69) is 17.6 Å². The lowest BCUT2D eigenvalue weighted by molar-refractivity contribution is 0.194. The number of rotatable bonds is 8. The average molecular weight is 186 g/mol. The van der Waals surface area contributed by atoms with E-state index in [1.165, 1.54) is 12.8 Å². The van der Waals surface area contributed by atoms with Crippen LogP contribution in [0.3, 0.4) is 0 Å². The molecule has 0 bridgehead atoms. The minimum atomic E-state index is 0.607. The highest BCUT2D eigenvalue weighted by Crippen LogP contribution is 2.18. The third kappa shape index (κ3) is 6.02. The summed E-state index contributed by atoms with van der Waals surface area (Å²) in [7, 11) is 1.75. The molecule has 1 atom stereocenters. The maximum Gasteiger partial charge on any atom is 0.0474 e. The fourth-order valence-corrected chi connectivity index (χ4v) is 1.37. The normalized spacial score (nSPS) is 18.9. The van der Waals surface area contributed by atoms with E-state index in [9.17, 15) is 0 Å². The Balaban J connectivity index is 1.80. The number of hydrogen-bond donors (Lipinski definition) is 2. The zero-order valence-corrected chi connectivity index (χ0v) is 8.81. The zero-order valence-electron chi connectivity index (χ0n) is 8.81. The van der Waals surface area contributed by atoms with Crippen LogP contribution < -0.4 is 10.6 Å². The first-order chi connectivity index (χ1) is 6.33. The van der Waals surface area contributed by atoms with E-state index in [-0.39, 0.29) is 0 Å². The Kier molecular flexibility index (Phi) is 5.35. The molecule has 1 aliphatic carbocycles. The first-order valence-corrected chi connectivity index (χ1v) is 5.28. The third-order valence-electron chi connectivity index (χ3n) is 2.25. The molecule has 13 heavy (non-hydrogen) atoms. The molecular weight excluding hydrogens is 164 g/mol. The van der Waals surface area contributed by atoms with Gasteiger partial charge in [-0.15, -0.1) is 0 Å². The van der Waals surface area contributed by atoms with Crippen molar-refractivity contribution in [2.75, 3.05) is 26.8 Å². The standard InChI is InChI=1S/C10H22N2O/c1-9(12-10-4-5-10)8-11-6-3-7-13-2/h9-12H,3-8H2,1-2H3. The van der Waals surface area contributed by atoms with Gasteiger partial charge in [0.2, 0.25) is 0 Å². The van der Waals surface area contributed by atoms with E-state index >= 15 is 0 Å². The minimum Gasteiger partial charge on any atom is -0.385 e. The largest absolute Gasteiger partial charge is 0.385 e. The van der Waals surface area contributed by atoms with Crippen molar-refractivity contribution in [1.29, 1.82) is 0 Å². The first-order valence-electron chi connectivity index (χ1n) is 5.28. The van der Waals surface area contributed by atoms with Crippen LogP contribution in [-0.2, 0) is 4.74 Å². The van der Waals surface area contributed by atoms with Crippen LogP contribution in [0.1, 0.15) is 26.2 Å². The van der Waals surface area contributed by atoms with E-state index in [0.717, 1.165) is 32.2 Å². The van der Waals surface area contributed by atoms with Crippen LogP contribution in [0, 0.1) is 0 Å². The smallest absolute Gasteiger partial charge is 0.0474 e. The second kappa shape index (κ2) is 6.35. The van der Waals surface area contributed by atoms with Gasteiger partial charge >= 0.3 is 0 Å². The van der Waals surface area contributed by atoms with Crippen molar-refractivity contribution in [3.8, 4) is 0 Å². The fourth-order valence-electron chi connectivity index (χ4n) is 1.37. The molecule has 2 N–H and O–H groups in total. The van der Waals surface area contributed by atoms with Crippen molar-refractivity contribution in [3.63, 3.8) is 0 Å². The Hall–Kier alpha value is -0.120. The quantitative estimate of drug-likeness (QED) is 0.549. The molecule has 1 unspecified atom stereocenters. The summed E-state index contributed by atoms with van der Waals surface area (Å²) >= 11 is 0. The second-order valence-corrected chi connectivity index (χ2v) is 3.89. The molecule has 3 nitrogen and oxygen atoms in total. The van der Waals surface area contributed by atoms with E-state index in [0.29, 0.717) is 6.04 Å². The monoisotopic (exact) mass is 186 g/mol. The predicted molar refractivity (Wildman–Crippen MR) is 55.0 cm³/mol. The van der Waals surface area contributed by atoms with Crippen LogP contribution in [0.15, 0.2) is 0 Å². The molecule has 0 aromatic heterocycles. The van der Waals surface area contributed by atoms with Gasteiger partial charge in [-0.25, -0.2) is 0 Å². The molecule has 0 radical (unpaired) electrons. The third-order valence-corrected chi connectivity index (χ3v) is 2.25. The van der Waals surface area contributed by atoms with Crippen molar-refractivity contribution in [2.24, 2.45) is 0 Å². The van der Waals surface area contributed by atoms with Crippen molar-refractivity contribution < 1.29 is 4.74 Å². The first kappa shape index (κ1) is 11.0. The van der Waals surface area contributed by atoms with Gasteiger partial charge in [0, 0.05) is 32.3 Å². The van der Waals surface area contributed by atoms with Gasteiger partial charge in [-0.1, -0.05) is 0 Å². The highest BCUT2D eigenvalue weighted by Gasteiger charge is 2.22. The van der Waals surface area contributed by atoms with Crippen molar-refractivity contribution in [1.82, 2.24) is 10.6 Å². The highest BCUT2D eigenvalue weighted by molar-refractivity contribution is 4.83. The molecular formula is C10H22N2O. The molecule has 1 aliphatic rings. The lowest BCUT2D eigenvalue weighted by atomic mass is 10.3. The lowest BCUT2D eigenvalue weighted by Crippen LogP contribution is -2.37. The molecule has 0 aliphatic heterocycles. The Morgan fingerprint density at radius 2 is 2.23 bits per heavy atom. The minimum absolute atomic E-state index is 0.607. The summed E-state index contributed by atoms with van der Waals surface area (Å²) in [6.45, 7) is 5.23. The topological polar surface area (TPSA) is 33.3 Å². The summed E-state index contributed by atoms with van der Waals surface area (Å²) < 4.78 is 4.97. The lowest BCUT2D eigenvalue weighted by Gasteiger charge is -2.13. The molecule has 0 heterocycles. The van der Waals surface area contributed by atoms with Gasteiger partial charge in [0.15, 0.2) is 0 Å². The Labute approximate surface area is 81.2 Å². The molecule has 1 fully saturated rings. The van der Waals surface area contributed by atoms with Crippen LogP contribution in [0.2, 0.25) is 0 Å². The fraction of sp³-hybridized carbons (Fsp3) is 1.00. The predicted octanol–water partition coefficient (Wildman–Crippen LogP) is 0.753. The van der Waals surface area contributed by atoms with Gasteiger partial charge in [-0.2, -0.15) is 0 Å². The molecule has 0 amide bonds. The molecule has 0 saturated heterocycles. The van der Waals surface area contributed by atoms with E-state index < -0.39 is 0 Å². The highest BCUT2D eigenvalue weighted by atomic mass is 16.5. The van der Waals surface area contributed by atoms with Crippen molar-refractivity contribution >= 4 is 0 Å². The van der Waals surface area contributed by atoms with E-state index in [1.54, 1.807) is 7.11 Å². The molecule has 1 saturated carbocycles. The van der Waals surface area contributed by atoms with Crippen LogP contribution >= 0.6 is 0 Å². The number of nitrogens with one attached hydrogen (secondary N) is 2. The Morgan fingerprint density at radius 3 is 2.85 bits per heavy atom. The van der Waals surface area contributed by atoms with Crippen LogP contribution in [0.5, 0.6) is 0 Å². The molecule has 0 aromatic carbocycles. The van der Waals surface area contributed by atoms with Crippen molar-refractivity contribution in [2.45, 2.75) is 38.3 Å². The maximum atomic E-state index is 4.97. The molecule has 1 rings (SSSR count). The summed E-state index contributed by atoms with van der Waals surface area (Å²) in [5.74, 6) is 0. The number of hydrogen-bond acceptors (Lipinski definition) is 3. The Bertz CT molecular complexity index is 126. The van der Waals surface area contributed by atoms with Crippen LogP contribution in [-0.4, -0.2) is 38.9 Å². The molecule has 78 valence electrons. The van der Waals surface area contributed by atoms with E-state index in [1.807, 2.05) is 0 Å². The van der Waals surface area contributed by atoms with Gasteiger partial charge < -0.3 is 15.4 Å². The average Bonchev–Trinajstić information content (AvgIpc) is 2.88. The summed E-state index contributed by atoms with van der Waals surface area (Å²) in [5.41, 5.74) is 0. The van der Waals surface area contributed by atoms with Gasteiger partial charge in [0.05, 0.1) is 0 Å². The number of methoxy groups -OCH3 is 1. The summed E-state index contributed by atoms with van der Waals surface area (Å²) in [5, 5.41) is 6.96. The zero-order chi connectivity index (χ0) is 9.52. The van der Waals surface area contributed by atoms with E-state index in [4.69, 9.17) is 4.74 Å². The summed E-state index contributed by atoms with van der Waals surface area (Å²) in [6.07, 6.45) is 3.84. The maximum absolute atomic E-state index is 4.97. The van der Waals surface area contributed by atoms with Crippen LogP contribution in [0.25, 0.3) is 0 Å². The van der Waals surface area contributed by atoms with Gasteiger partial charge in [-0.05, 0) is 32.7 Å². The Morgan fingerprint density at radius 1 is 1.46 bits per heavy atom. The molecule has 0 aromatic rings. The summed E-state index contributed by atoms with van der Waals surface area (Å²) in [4.78, 5) is 0. The summed E-state index contributed by atoms with van der Waals surface area (Å²) in [6, 6.07) is 1.42. The SMILES string of the molecule is COCCCNCC(C)NC1CC1. The number of ether oxygens (including phenoxy) is 1. The molecule has 3 heteroatoms. The second-order valence-electron chi connectivity index (χ2n) is 3.89. The van der Waals surface area contributed by atoms with Crippen LogP contribution in [0.4, 0.5) is 0 Å². The van der Waals surface area contributed by atoms with Gasteiger partial charge in [-0.3, -0.25) is 0 Å².